The van der Waals surface area contributed by atoms with Crippen LogP contribution in [0.5, 0.6) is 0 Å². The Morgan fingerprint density at radius 1 is 0.967 bits per heavy atom. The first kappa shape index (κ1) is 18.4. The quantitative estimate of drug-likeness (QED) is 0.812. The molecule has 156 valence electrons. The van der Waals surface area contributed by atoms with E-state index in [1.54, 1.807) is 0 Å². The Bertz CT molecular complexity index is 950. The van der Waals surface area contributed by atoms with Crippen LogP contribution in [0.3, 0.4) is 0 Å². The topological polar surface area (TPSA) is 35.6 Å². The lowest BCUT2D eigenvalue weighted by Gasteiger charge is -2.43. The molecule has 0 radical (unpaired) electrons. The minimum Gasteiger partial charge on any atom is -0.378 e. The molecule has 1 amide bonds. The maximum atomic E-state index is 13.2. The summed E-state index contributed by atoms with van der Waals surface area (Å²) in [4.78, 5) is 17.5. The molecule has 2 aromatic rings. The number of likely N-dealkylation sites (N-methyl/N-ethyl adjacent to an activating group) is 1. The van der Waals surface area contributed by atoms with Crippen LogP contribution in [0.2, 0.25) is 0 Å². The van der Waals surface area contributed by atoms with Crippen LogP contribution in [-0.4, -0.2) is 48.9 Å². The molecule has 4 nitrogen and oxygen atoms in total. The van der Waals surface area contributed by atoms with Crippen molar-refractivity contribution in [3.05, 3.63) is 65.2 Å². The number of hydrogen-bond donors (Lipinski definition) is 1. The van der Waals surface area contributed by atoms with Gasteiger partial charge >= 0.3 is 0 Å². The zero-order valence-electron chi connectivity index (χ0n) is 17.8. The third-order valence-corrected chi connectivity index (χ3v) is 8.28. The summed E-state index contributed by atoms with van der Waals surface area (Å²) >= 11 is 0. The largest absolute Gasteiger partial charge is 0.378 e. The van der Waals surface area contributed by atoms with Crippen LogP contribution in [0.15, 0.2) is 48.5 Å². The predicted octanol–water partition coefficient (Wildman–Crippen LogP) is 4.37. The van der Waals surface area contributed by atoms with E-state index in [-0.39, 0.29) is 5.91 Å². The van der Waals surface area contributed by atoms with Gasteiger partial charge in [0.15, 0.2) is 0 Å². The molecule has 0 unspecified atom stereocenters. The number of benzene rings is 2. The second-order valence-electron chi connectivity index (χ2n) is 9.87. The van der Waals surface area contributed by atoms with Crippen molar-refractivity contribution in [3.63, 3.8) is 0 Å². The van der Waals surface area contributed by atoms with Gasteiger partial charge in [0.2, 0.25) is 0 Å². The van der Waals surface area contributed by atoms with Gasteiger partial charge < -0.3 is 15.1 Å². The summed E-state index contributed by atoms with van der Waals surface area (Å²) in [6.07, 6.45) is 4.08. The number of fused-ring (bicyclic) bond motifs is 7. The molecule has 2 bridgehead atoms. The van der Waals surface area contributed by atoms with Gasteiger partial charge in [-0.15, -0.1) is 0 Å². The number of carbonyl (C=O) groups is 1. The number of amides is 1. The van der Waals surface area contributed by atoms with Crippen LogP contribution < -0.4 is 5.32 Å². The first-order valence-corrected chi connectivity index (χ1v) is 11.6. The minimum absolute atomic E-state index is 0.204. The molecule has 2 aliphatic carbocycles. The molecule has 30 heavy (non-hydrogen) atoms. The fraction of sp³-hybridized carbons (Fsp3) is 0.500. The first-order valence-electron chi connectivity index (χ1n) is 11.6. The molecule has 5 atom stereocenters. The Morgan fingerprint density at radius 3 is 2.53 bits per heavy atom. The fourth-order valence-corrected chi connectivity index (χ4v) is 6.80. The molecule has 2 heterocycles. The van der Waals surface area contributed by atoms with Gasteiger partial charge in [-0.25, -0.2) is 0 Å². The van der Waals surface area contributed by atoms with Crippen LogP contribution in [0.1, 0.15) is 52.7 Å². The maximum Gasteiger partial charge on any atom is 0.253 e. The Kier molecular flexibility index (Phi) is 4.38. The summed E-state index contributed by atoms with van der Waals surface area (Å²) < 4.78 is 0. The van der Waals surface area contributed by atoms with Crippen LogP contribution in [-0.2, 0) is 0 Å². The van der Waals surface area contributed by atoms with Gasteiger partial charge in [-0.2, -0.15) is 0 Å². The van der Waals surface area contributed by atoms with Gasteiger partial charge in [0, 0.05) is 37.4 Å². The molecule has 1 saturated heterocycles. The average molecular weight is 402 g/mol. The smallest absolute Gasteiger partial charge is 0.253 e. The van der Waals surface area contributed by atoms with Gasteiger partial charge in [-0.1, -0.05) is 30.3 Å². The van der Waals surface area contributed by atoms with E-state index in [2.05, 4.69) is 59.7 Å². The van der Waals surface area contributed by atoms with Gasteiger partial charge in [0.25, 0.3) is 5.91 Å². The number of nitrogens with one attached hydrogen (secondary N) is 1. The van der Waals surface area contributed by atoms with Crippen molar-refractivity contribution < 1.29 is 4.79 Å². The van der Waals surface area contributed by atoms with Crippen LogP contribution >= 0.6 is 0 Å². The highest BCUT2D eigenvalue weighted by Gasteiger charge is 2.53. The van der Waals surface area contributed by atoms with E-state index in [4.69, 9.17) is 0 Å². The normalized spacial score (nSPS) is 32.4. The molecule has 0 spiro atoms. The zero-order chi connectivity index (χ0) is 20.2. The van der Waals surface area contributed by atoms with Crippen molar-refractivity contribution in [2.75, 3.05) is 38.5 Å². The standard InChI is InChI=1S/C26H31N3O/c1-28-11-13-29(14-12-28)26(30)20-9-10-22-21(16-20)23-18-7-8-19(15-18)24(23)25(27-22)17-5-3-2-4-6-17/h2-6,9-10,16,18-19,23-25,27H,7-8,11-15H2,1H3/t18-,19+,23-,24+,25+/m1/s1. The summed E-state index contributed by atoms with van der Waals surface area (Å²) in [6.45, 7) is 3.59. The van der Waals surface area contributed by atoms with Crippen molar-refractivity contribution in [2.45, 2.75) is 31.2 Å². The SMILES string of the molecule is CN1CCN(C(=O)c2ccc3c(c2)[C@H]2[C@@H]4CC[C@@H](C4)[C@@H]2[C@H](c2ccccc2)N3)CC1. The van der Waals surface area contributed by atoms with Crippen molar-refractivity contribution in [3.8, 4) is 0 Å². The monoisotopic (exact) mass is 401 g/mol. The molecule has 2 aromatic carbocycles. The number of rotatable bonds is 2. The number of piperazine rings is 1. The number of nitrogens with zero attached hydrogens (tertiary/aromatic N) is 2. The van der Waals surface area contributed by atoms with Crippen LogP contribution in [0, 0.1) is 17.8 Å². The summed E-state index contributed by atoms with van der Waals surface area (Å²) in [5.74, 6) is 3.03. The van der Waals surface area contributed by atoms with Gasteiger partial charge in [0.05, 0.1) is 6.04 Å². The third-order valence-electron chi connectivity index (χ3n) is 8.28. The summed E-state index contributed by atoms with van der Waals surface area (Å²) in [6, 6.07) is 17.8. The van der Waals surface area contributed by atoms with E-state index >= 15 is 0 Å². The van der Waals surface area contributed by atoms with Crippen molar-refractivity contribution in [1.29, 1.82) is 0 Å². The van der Waals surface area contributed by atoms with E-state index in [9.17, 15) is 4.79 Å². The zero-order valence-corrected chi connectivity index (χ0v) is 17.8. The molecule has 4 aliphatic rings. The highest BCUT2D eigenvalue weighted by atomic mass is 16.2. The molecular weight excluding hydrogens is 370 g/mol. The van der Waals surface area contributed by atoms with Crippen molar-refractivity contribution in [2.24, 2.45) is 17.8 Å². The van der Waals surface area contributed by atoms with Gasteiger partial charge in [0.1, 0.15) is 0 Å². The Morgan fingerprint density at radius 2 is 1.73 bits per heavy atom. The van der Waals surface area contributed by atoms with Crippen molar-refractivity contribution >= 4 is 11.6 Å². The second-order valence-corrected chi connectivity index (χ2v) is 9.87. The lowest BCUT2D eigenvalue weighted by molar-refractivity contribution is 0.0664. The first-order chi connectivity index (χ1) is 14.7. The van der Waals surface area contributed by atoms with Crippen LogP contribution in [0.4, 0.5) is 5.69 Å². The molecule has 3 fully saturated rings. The highest BCUT2D eigenvalue weighted by molar-refractivity contribution is 5.95. The Hall–Kier alpha value is -2.33. The third kappa shape index (κ3) is 2.88. The lowest BCUT2D eigenvalue weighted by Crippen LogP contribution is -2.47. The van der Waals surface area contributed by atoms with Gasteiger partial charge in [-0.05, 0) is 79.3 Å². The molecule has 2 aliphatic heterocycles. The predicted molar refractivity (Wildman–Crippen MR) is 120 cm³/mol. The second kappa shape index (κ2) is 7.12. The van der Waals surface area contributed by atoms with Crippen molar-refractivity contribution in [1.82, 2.24) is 9.80 Å². The average Bonchev–Trinajstić information content (AvgIpc) is 3.42. The van der Waals surface area contributed by atoms with E-state index in [0.29, 0.717) is 17.9 Å². The molecule has 1 N–H and O–H groups in total. The number of hydrogen-bond acceptors (Lipinski definition) is 3. The molecular formula is C26H31N3O. The maximum absolute atomic E-state index is 13.2. The van der Waals surface area contributed by atoms with E-state index in [1.807, 2.05) is 11.0 Å². The molecule has 0 aromatic heterocycles. The lowest BCUT2D eigenvalue weighted by atomic mass is 9.68. The summed E-state index contributed by atoms with van der Waals surface area (Å²) in [5, 5.41) is 3.89. The van der Waals surface area contributed by atoms with Crippen LogP contribution in [0.25, 0.3) is 0 Å². The molecule has 6 rings (SSSR count). The van der Waals surface area contributed by atoms with E-state index in [1.165, 1.54) is 36.1 Å². The van der Waals surface area contributed by atoms with E-state index in [0.717, 1.165) is 43.6 Å². The Balaban J connectivity index is 1.35. The molecule has 2 saturated carbocycles. The highest BCUT2D eigenvalue weighted by Crippen LogP contribution is 2.63. The summed E-state index contributed by atoms with van der Waals surface area (Å²) in [5.41, 5.74) is 4.93. The fourth-order valence-electron chi connectivity index (χ4n) is 6.80. The number of carbonyl (C=O) groups excluding carboxylic acids is 1. The van der Waals surface area contributed by atoms with Gasteiger partial charge in [-0.3, -0.25) is 4.79 Å². The Labute approximate surface area is 179 Å². The number of anilines is 1. The summed E-state index contributed by atoms with van der Waals surface area (Å²) in [7, 11) is 2.13. The minimum atomic E-state index is 0.204. The van der Waals surface area contributed by atoms with E-state index < -0.39 is 0 Å². The molecule has 4 heteroatoms.